The fourth-order valence-corrected chi connectivity index (χ4v) is 3.64. The maximum absolute atomic E-state index is 5.20. The highest BCUT2D eigenvalue weighted by Crippen LogP contribution is 2.31. The van der Waals surface area contributed by atoms with E-state index in [1.807, 2.05) is 12.4 Å². The molecular weight excluding hydrogens is 252 g/mol. The van der Waals surface area contributed by atoms with Gasteiger partial charge in [-0.05, 0) is 24.8 Å². The molecule has 0 saturated carbocycles. The SMILES string of the molecule is COCCN1CC[C@@H]2CN(Cc3nccn3C)C[C@@H]2C1. The molecule has 0 spiro atoms. The summed E-state index contributed by atoms with van der Waals surface area (Å²) in [6, 6.07) is 0. The Balaban J connectivity index is 1.52. The number of piperidine rings is 1. The molecule has 20 heavy (non-hydrogen) atoms. The molecule has 1 aromatic rings. The van der Waals surface area contributed by atoms with E-state index >= 15 is 0 Å². The first-order chi connectivity index (χ1) is 9.76. The van der Waals surface area contributed by atoms with Crippen molar-refractivity contribution in [3.05, 3.63) is 18.2 Å². The molecule has 5 nitrogen and oxygen atoms in total. The number of rotatable bonds is 5. The molecule has 0 aliphatic carbocycles. The number of hydrogen-bond acceptors (Lipinski definition) is 4. The number of methoxy groups -OCH3 is 1. The minimum atomic E-state index is 0.834. The third-order valence-electron chi connectivity index (χ3n) is 4.86. The van der Waals surface area contributed by atoms with Crippen LogP contribution in [0, 0.1) is 11.8 Å². The fourth-order valence-electron chi connectivity index (χ4n) is 3.64. The van der Waals surface area contributed by atoms with Gasteiger partial charge in [0.05, 0.1) is 13.2 Å². The van der Waals surface area contributed by atoms with E-state index in [9.17, 15) is 0 Å². The molecular formula is C15H26N4O. The maximum atomic E-state index is 5.20. The molecule has 0 radical (unpaired) electrons. The van der Waals surface area contributed by atoms with Crippen molar-refractivity contribution in [1.82, 2.24) is 19.4 Å². The van der Waals surface area contributed by atoms with E-state index in [1.165, 1.54) is 38.4 Å². The summed E-state index contributed by atoms with van der Waals surface area (Å²) < 4.78 is 7.33. The Labute approximate surface area is 121 Å². The third kappa shape index (κ3) is 3.05. The van der Waals surface area contributed by atoms with Gasteiger partial charge >= 0.3 is 0 Å². The molecule has 0 aromatic carbocycles. The summed E-state index contributed by atoms with van der Waals surface area (Å²) in [4.78, 5) is 9.59. The molecule has 0 amide bonds. The van der Waals surface area contributed by atoms with Gasteiger partial charge in [0.25, 0.3) is 0 Å². The molecule has 2 aliphatic heterocycles. The van der Waals surface area contributed by atoms with Gasteiger partial charge in [-0.15, -0.1) is 0 Å². The zero-order valence-electron chi connectivity index (χ0n) is 12.7. The number of aromatic nitrogens is 2. The van der Waals surface area contributed by atoms with Crippen molar-refractivity contribution >= 4 is 0 Å². The zero-order chi connectivity index (χ0) is 13.9. The van der Waals surface area contributed by atoms with E-state index in [4.69, 9.17) is 4.74 Å². The molecule has 0 bridgehead atoms. The Hall–Kier alpha value is -0.910. The van der Waals surface area contributed by atoms with Gasteiger partial charge in [-0.3, -0.25) is 4.90 Å². The fraction of sp³-hybridized carbons (Fsp3) is 0.800. The normalized spacial score (nSPS) is 27.9. The highest BCUT2D eigenvalue weighted by molar-refractivity contribution is 4.95. The van der Waals surface area contributed by atoms with Gasteiger partial charge < -0.3 is 14.2 Å². The molecule has 3 heterocycles. The lowest BCUT2D eigenvalue weighted by molar-refractivity contribution is 0.102. The molecule has 1 aromatic heterocycles. The molecule has 2 saturated heterocycles. The van der Waals surface area contributed by atoms with Crippen LogP contribution >= 0.6 is 0 Å². The van der Waals surface area contributed by atoms with Crippen LogP contribution in [0.4, 0.5) is 0 Å². The van der Waals surface area contributed by atoms with Gasteiger partial charge in [0, 0.05) is 52.7 Å². The predicted octanol–water partition coefficient (Wildman–Crippen LogP) is 0.820. The molecule has 0 unspecified atom stereocenters. The van der Waals surface area contributed by atoms with Crippen LogP contribution in [0.3, 0.4) is 0 Å². The molecule has 2 fully saturated rings. The minimum Gasteiger partial charge on any atom is -0.383 e. The van der Waals surface area contributed by atoms with Gasteiger partial charge in [0.2, 0.25) is 0 Å². The average molecular weight is 278 g/mol. The molecule has 0 N–H and O–H groups in total. The first-order valence-corrected chi connectivity index (χ1v) is 7.66. The van der Waals surface area contributed by atoms with E-state index in [0.29, 0.717) is 0 Å². The predicted molar refractivity (Wildman–Crippen MR) is 78.4 cm³/mol. The van der Waals surface area contributed by atoms with Gasteiger partial charge in [-0.25, -0.2) is 4.98 Å². The lowest BCUT2D eigenvalue weighted by atomic mass is 9.89. The van der Waals surface area contributed by atoms with Gasteiger partial charge in [0.1, 0.15) is 5.82 Å². The number of ether oxygens (including phenoxy) is 1. The lowest BCUT2D eigenvalue weighted by Gasteiger charge is -2.34. The summed E-state index contributed by atoms with van der Waals surface area (Å²) in [5, 5.41) is 0. The van der Waals surface area contributed by atoms with Gasteiger partial charge in [0.15, 0.2) is 0 Å². The number of aryl methyl sites for hydroxylation is 1. The largest absolute Gasteiger partial charge is 0.383 e. The van der Waals surface area contributed by atoms with E-state index in [-0.39, 0.29) is 0 Å². The van der Waals surface area contributed by atoms with Crippen LogP contribution in [0.2, 0.25) is 0 Å². The zero-order valence-corrected chi connectivity index (χ0v) is 12.7. The first kappa shape index (κ1) is 14.0. The van der Waals surface area contributed by atoms with Crippen LogP contribution in [0.15, 0.2) is 12.4 Å². The summed E-state index contributed by atoms with van der Waals surface area (Å²) in [5.74, 6) is 2.90. The van der Waals surface area contributed by atoms with E-state index < -0.39 is 0 Å². The second kappa shape index (κ2) is 6.24. The van der Waals surface area contributed by atoms with Crippen molar-refractivity contribution in [2.24, 2.45) is 18.9 Å². The number of nitrogens with zero attached hydrogens (tertiary/aromatic N) is 4. The summed E-state index contributed by atoms with van der Waals surface area (Å²) >= 11 is 0. The van der Waals surface area contributed by atoms with Crippen molar-refractivity contribution in [1.29, 1.82) is 0 Å². The van der Waals surface area contributed by atoms with Gasteiger partial charge in [-0.2, -0.15) is 0 Å². The number of fused-ring (bicyclic) bond motifs is 1. The van der Waals surface area contributed by atoms with Crippen LogP contribution in [0.25, 0.3) is 0 Å². The van der Waals surface area contributed by atoms with Crippen LogP contribution in [-0.2, 0) is 18.3 Å². The van der Waals surface area contributed by atoms with Crippen molar-refractivity contribution < 1.29 is 4.74 Å². The standard InChI is InChI=1S/C15H26N4O/c1-17-6-4-16-15(17)12-19-9-13-3-5-18(7-8-20-2)10-14(13)11-19/h4,6,13-14H,3,5,7-12H2,1-2H3/t13-,14+/m1/s1. The maximum Gasteiger partial charge on any atom is 0.122 e. The van der Waals surface area contributed by atoms with E-state index in [2.05, 4.69) is 26.4 Å². The van der Waals surface area contributed by atoms with Crippen LogP contribution < -0.4 is 0 Å². The quantitative estimate of drug-likeness (QED) is 0.798. The molecule has 3 rings (SSSR count). The Kier molecular flexibility index (Phi) is 4.38. The van der Waals surface area contributed by atoms with Crippen molar-refractivity contribution in [2.45, 2.75) is 13.0 Å². The third-order valence-corrected chi connectivity index (χ3v) is 4.86. The molecule has 5 heteroatoms. The summed E-state index contributed by atoms with van der Waals surface area (Å²) in [5.41, 5.74) is 0. The number of likely N-dealkylation sites (tertiary alicyclic amines) is 2. The van der Waals surface area contributed by atoms with Gasteiger partial charge in [-0.1, -0.05) is 0 Å². The van der Waals surface area contributed by atoms with Crippen molar-refractivity contribution in [2.75, 3.05) is 46.4 Å². The Bertz CT molecular complexity index is 433. The second-order valence-electron chi connectivity index (χ2n) is 6.25. The average Bonchev–Trinajstić information content (AvgIpc) is 3.02. The summed E-state index contributed by atoms with van der Waals surface area (Å²) in [6.07, 6.45) is 5.27. The monoisotopic (exact) mass is 278 g/mol. The Morgan fingerprint density at radius 2 is 2.05 bits per heavy atom. The highest BCUT2D eigenvalue weighted by Gasteiger charge is 2.36. The number of hydrogen-bond donors (Lipinski definition) is 0. The van der Waals surface area contributed by atoms with Crippen molar-refractivity contribution in [3.63, 3.8) is 0 Å². The Morgan fingerprint density at radius 1 is 1.25 bits per heavy atom. The van der Waals surface area contributed by atoms with Crippen molar-refractivity contribution in [3.8, 4) is 0 Å². The van der Waals surface area contributed by atoms with Crippen LogP contribution in [0.5, 0.6) is 0 Å². The van der Waals surface area contributed by atoms with E-state index in [0.717, 1.165) is 31.5 Å². The Morgan fingerprint density at radius 3 is 2.80 bits per heavy atom. The molecule has 2 aliphatic rings. The molecule has 112 valence electrons. The second-order valence-corrected chi connectivity index (χ2v) is 6.25. The first-order valence-electron chi connectivity index (χ1n) is 7.66. The minimum absolute atomic E-state index is 0.834. The number of imidazole rings is 1. The van der Waals surface area contributed by atoms with E-state index in [1.54, 1.807) is 7.11 Å². The van der Waals surface area contributed by atoms with Crippen LogP contribution in [-0.4, -0.2) is 65.8 Å². The lowest BCUT2D eigenvalue weighted by Crippen LogP contribution is -2.41. The molecule has 2 atom stereocenters. The smallest absolute Gasteiger partial charge is 0.122 e. The summed E-state index contributed by atoms with van der Waals surface area (Å²) in [7, 11) is 3.87. The topological polar surface area (TPSA) is 33.5 Å². The van der Waals surface area contributed by atoms with Crippen LogP contribution in [0.1, 0.15) is 12.2 Å². The highest BCUT2D eigenvalue weighted by atomic mass is 16.5. The summed E-state index contributed by atoms with van der Waals surface area (Å²) in [6.45, 7) is 7.88.